The van der Waals surface area contributed by atoms with Crippen LogP contribution in [0.5, 0.6) is 5.75 Å². The van der Waals surface area contributed by atoms with Crippen LogP contribution in [0.25, 0.3) is 0 Å². The number of aryl methyl sites for hydroxylation is 2. The molecule has 0 radical (unpaired) electrons. The van der Waals surface area contributed by atoms with Gasteiger partial charge in [-0.15, -0.1) is 11.3 Å². The summed E-state index contributed by atoms with van der Waals surface area (Å²) in [5, 5.41) is 12.6. The zero-order valence-corrected chi connectivity index (χ0v) is 14.3. The van der Waals surface area contributed by atoms with Gasteiger partial charge in [-0.05, 0) is 49.6 Å². The number of methoxy groups -OCH3 is 1. The largest absolute Gasteiger partial charge is 0.497 e. The molecule has 0 spiro atoms. The highest BCUT2D eigenvalue weighted by Gasteiger charge is 2.22. The van der Waals surface area contributed by atoms with E-state index in [9.17, 15) is 14.7 Å². The molecule has 2 N–H and O–H groups in total. The van der Waals surface area contributed by atoms with Crippen LogP contribution in [-0.4, -0.2) is 24.1 Å². The molecule has 6 heteroatoms. The minimum atomic E-state index is -1.02. The van der Waals surface area contributed by atoms with Crippen LogP contribution in [0.2, 0.25) is 0 Å². The van der Waals surface area contributed by atoms with Crippen molar-refractivity contribution in [2.75, 3.05) is 12.4 Å². The number of benzene rings is 1. The molecule has 122 valence electrons. The summed E-state index contributed by atoms with van der Waals surface area (Å²) in [6.45, 7) is 5.58. The summed E-state index contributed by atoms with van der Waals surface area (Å²) in [5.41, 5.74) is 2.22. The van der Waals surface area contributed by atoms with Crippen molar-refractivity contribution in [1.29, 1.82) is 0 Å². The third kappa shape index (κ3) is 3.37. The first-order chi connectivity index (χ1) is 10.9. The van der Waals surface area contributed by atoms with Crippen molar-refractivity contribution in [3.8, 4) is 5.75 Å². The summed E-state index contributed by atoms with van der Waals surface area (Å²) in [6.07, 6.45) is 0.613. The Balaban J connectivity index is 2.36. The van der Waals surface area contributed by atoms with Gasteiger partial charge in [-0.2, -0.15) is 0 Å². The van der Waals surface area contributed by atoms with E-state index in [-0.39, 0.29) is 11.5 Å². The van der Waals surface area contributed by atoms with Crippen molar-refractivity contribution in [2.24, 2.45) is 0 Å². The number of carbonyl (C=O) groups is 2. The Labute approximate surface area is 138 Å². The van der Waals surface area contributed by atoms with Crippen molar-refractivity contribution >= 4 is 28.2 Å². The number of nitrogens with one attached hydrogen (secondary N) is 1. The second-order valence-corrected chi connectivity index (χ2v) is 6.36. The van der Waals surface area contributed by atoms with Gasteiger partial charge in [0.15, 0.2) is 0 Å². The van der Waals surface area contributed by atoms with Crippen LogP contribution in [0.4, 0.5) is 5.00 Å². The van der Waals surface area contributed by atoms with E-state index in [0.29, 0.717) is 22.7 Å². The summed E-state index contributed by atoms with van der Waals surface area (Å²) in [4.78, 5) is 24.9. The number of rotatable bonds is 5. The molecule has 0 fully saturated rings. The first-order valence-corrected chi connectivity index (χ1v) is 8.02. The number of amides is 1. The van der Waals surface area contributed by atoms with E-state index in [2.05, 4.69) is 5.32 Å². The van der Waals surface area contributed by atoms with Crippen molar-refractivity contribution in [3.63, 3.8) is 0 Å². The van der Waals surface area contributed by atoms with Crippen molar-refractivity contribution < 1.29 is 19.4 Å². The lowest BCUT2D eigenvalue weighted by atomic mass is 10.1. The predicted octanol–water partition coefficient (Wildman–Crippen LogP) is 3.89. The lowest BCUT2D eigenvalue weighted by Gasteiger charge is -2.09. The van der Waals surface area contributed by atoms with E-state index >= 15 is 0 Å². The number of anilines is 1. The van der Waals surface area contributed by atoms with Crippen LogP contribution in [-0.2, 0) is 6.42 Å². The third-order valence-corrected chi connectivity index (χ3v) is 4.74. The summed E-state index contributed by atoms with van der Waals surface area (Å²) >= 11 is 1.29. The summed E-state index contributed by atoms with van der Waals surface area (Å²) in [5.74, 6) is -0.671. The van der Waals surface area contributed by atoms with Crippen molar-refractivity contribution in [2.45, 2.75) is 27.2 Å². The van der Waals surface area contributed by atoms with E-state index < -0.39 is 5.97 Å². The maximum atomic E-state index is 12.5. The van der Waals surface area contributed by atoms with Gasteiger partial charge in [0.05, 0.1) is 12.7 Å². The maximum absolute atomic E-state index is 12.5. The molecular formula is C17H19NO4S. The molecule has 1 heterocycles. The zero-order chi connectivity index (χ0) is 17.1. The second kappa shape index (κ2) is 6.83. The van der Waals surface area contributed by atoms with Crippen LogP contribution in [0.1, 0.15) is 43.6 Å². The molecule has 2 rings (SSSR count). The Morgan fingerprint density at radius 3 is 2.52 bits per heavy atom. The van der Waals surface area contributed by atoms with Gasteiger partial charge in [0.1, 0.15) is 10.8 Å². The molecule has 0 atom stereocenters. The normalized spacial score (nSPS) is 10.4. The summed E-state index contributed by atoms with van der Waals surface area (Å²) < 4.78 is 5.12. The quantitative estimate of drug-likeness (QED) is 0.870. The minimum absolute atomic E-state index is 0.189. The topological polar surface area (TPSA) is 75.6 Å². The number of aromatic carboxylic acids is 1. The predicted molar refractivity (Wildman–Crippen MR) is 91.1 cm³/mol. The van der Waals surface area contributed by atoms with Gasteiger partial charge >= 0.3 is 5.97 Å². The Bertz CT molecular complexity index is 764. The zero-order valence-electron chi connectivity index (χ0n) is 13.5. The Hall–Kier alpha value is -2.34. The molecule has 5 nitrogen and oxygen atoms in total. The molecule has 1 aromatic carbocycles. The molecule has 23 heavy (non-hydrogen) atoms. The van der Waals surface area contributed by atoms with Gasteiger partial charge < -0.3 is 15.2 Å². The number of thiophene rings is 1. The van der Waals surface area contributed by atoms with Gasteiger partial charge in [-0.1, -0.05) is 6.92 Å². The molecule has 0 aliphatic heterocycles. The maximum Gasteiger partial charge on any atom is 0.339 e. The van der Waals surface area contributed by atoms with Crippen LogP contribution in [0.3, 0.4) is 0 Å². The molecular weight excluding hydrogens is 314 g/mol. The average molecular weight is 333 g/mol. The van der Waals surface area contributed by atoms with Crippen molar-refractivity contribution in [3.05, 3.63) is 45.3 Å². The average Bonchev–Trinajstić information content (AvgIpc) is 2.82. The van der Waals surface area contributed by atoms with Gasteiger partial charge in [-0.3, -0.25) is 4.79 Å². The first-order valence-electron chi connectivity index (χ1n) is 7.20. The van der Waals surface area contributed by atoms with Gasteiger partial charge in [0, 0.05) is 10.4 Å². The monoisotopic (exact) mass is 333 g/mol. The fourth-order valence-electron chi connectivity index (χ4n) is 2.51. The smallest absolute Gasteiger partial charge is 0.339 e. The molecule has 0 aliphatic carbocycles. The molecule has 1 aromatic heterocycles. The number of carbonyl (C=O) groups excluding carboxylic acids is 1. The second-order valence-electron chi connectivity index (χ2n) is 5.13. The van der Waals surface area contributed by atoms with Crippen molar-refractivity contribution in [1.82, 2.24) is 0 Å². The molecule has 0 unspecified atom stereocenters. The Morgan fingerprint density at radius 1 is 1.30 bits per heavy atom. The van der Waals surface area contributed by atoms with Gasteiger partial charge in [-0.25, -0.2) is 4.79 Å². The van der Waals surface area contributed by atoms with Crippen LogP contribution in [0, 0.1) is 13.8 Å². The molecule has 0 bridgehead atoms. The number of carboxylic acid groups (broad SMARTS) is 1. The molecule has 0 aliphatic rings. The molecule has 0 saturated carbocycles. The highest BCUT2D eigenvalue weighted by atomic mass is 32.1. The first kappa shape index (κ1) is 17.0. The highest BCUT2D eigenvalue weighted by Crippen LogP contribution is 2.34. The van der Waals surface area contributed by atoms with Gasteiger partial charge in [0.2, 0.25) is 0 Å². The van der Waals surface area contributed by atoms with E-state index in [1.54, 1.807) is 25.3 Å². The lowest BCUT2D eigenvalue weighted by Crippen LogP contribution is -2.15. The van der Waals surface area contributed by atoms with E-state index in [4.69, 9.17) is 4.74 Å². The minimum Gasteiger partial charge on any atom is -0.497 e. The number of hydrogen-bond acceptors (Lipinski definition) is 4. The summed E-state index contributed by atoms with van der Waals surface area (Å²) in [7, 11) is 1.56. The highest BCUT2D eigenvalue weighted by molar-refractivity contribution is 7.16. The number of hydrogen-bond donors (Lipinski definition) is 2. The molecule has 0 saturated heterocycles. The van der Waals surface area contributed by atoms with E-state index in [0.717, 1.165) is 16.0 Å². The van der Waals surface area contributed by atoms with Crippen LogP contribution < -0.4 is 10.1 Å². The number of carboxylic acids is 1. The van der Waals surface area contributed by atoms with Gasteiger partial charge in [0.25, 0.3) is 5.91 Å². The number of ether oxygens (including phenoxy) is 1. The fourth-order valence-corrected chi connectivity index (χ4v) is 3.64. The third-order valence-electron chi connectivity index (χ3n) is 3.68. The molecule has 2 aromatic rings. The SMILES string of the molecule is CCc1c(C)sc(NC(=O)c2ccc(OC)cc2C)c1C(=O)O. The lowest BCUT2D eigenvalue weighted by molar-refractivity contribution is 0.0697. The summed E-state index contributed by atoms with van der Waals surface area (Å²) in [6, 6.07) is 5.15. The molecule has 1 amide bonds. The standard InChI is InChI=1S/C17H19NO4S/c1-5-12-10(3)23-16(14(12)17(20)21)18-15(19)13-7-6-11(22-4)8-9(13)2/h6-8H,5H2,1-4H3,(H,18,19)(H,20,21). The van der Waals surface area contributed by atoms with E-state index in [1.807, 2.05) is 20.8 Å². The van der Waals surface area contributed by atoms with Crippen LogP contribution in [0.15, 0.2) is 18.2 Å². The fraction of sp³-hybridized carbons (Fsp3) is 0.294. The Kier molecular flexibility index (Phi) is 5.05. The van der Waals surface area contributed by atoms with Crippen LogP contribution >= 0.6 is 11.3 Å². The Morgan fingerprint density at radius 2 is 2.00 bits per heavy atom. The van der Waals surface area contributed by atoms with E-state index in [1.165, 1.54) is 11.3 Å².